The largest absolute Gasteiger partial charge is 0.462 e. The Morgan fingerprint density at radius 1 is 0.309 bits per heavy atom. The topological polar surface area (TPSA) is 78.9 Å². The summed E-state index contributed by atoms with van der Waals surface area (Å²) in [6.45, 7) is 6.48. The van der Waals surface area contributed by atoms with Gasteiger partial charge in [-0.3, -0.25) is 14.4 Å². The fourth-order valence-electron chi connectivity index (χ4n) is 7.81. The standard InChI is InChI=1S/C62H106O6/c1-4-7-10-13-16-19-22-25-27-29-31-33-34-37-40-43-46-49-52-55-61(64)67-58-59(57-66-60(63)54-51-48-45-42-39-36-24-21-18-15-12-9-6-3)68-62(65)56-53-50-47-44-41-38-35-32-30-28-26-23-20-17-14-11-8-5-2/h7,10,16,19,21,24-25,27-28,30-31,33,37,40,59H,4-6,8-9,11-15,17-18,20,22-23,26,29,32,34-36,38-39,41-58H2,1-3H3/b10-7-,19-16-,24-21-,27-25-,30-28-,33-31-,40-37-. The first kappa shape index (κ1) is 64.6. The Morgan fingerprint density at radius 3 is 0.941 bits per heavy atom. The fourth-order valence-corrected chi connectivity index (χ4v) is 7.81. The van der Waals surface area contributed by atoms with Crippen LogP contribution in [-0.4, -0.2) is 37.2 Å². The van der Waals surface area contributed by atoms with E-state index in [4.69, 9.17) is 14.2 Å². The summed E-state index contributed by atoms with van der Waals surface area (Å²) in [5.41, 5.74) is 0. The van der Waals surface area contributed by atoms with Crippen LogP contribution in [0.3, 0.4) is 0 Å². The van der Waals surface area contributed by atoms with Crippen LogP contribution in [0, 0.1) is 0 Å². The number of hydrogen-bond acceptors (Lipinski definition) is 6. The molecule has 0 fully saturated rings. The van der Waals surface area contributed by atoms with Crippen LogP contribution in [0.5, 0.6) is 0 Å². The molecule has 0 aliphatic heterocycles. The van der Waals surface area contributed by atoms with Crippen LogP contribution in [0.15, 0.2) is 85.1 Å². The smallest absolute Gasteiger partial charge is 0.306 e. The molecule has 0 amide bonds. The van der Waals surface area contributed by atoms with Gasteiger partial charge in [0.25, 0.3) is 0 Å². The number of hydrogen-bond donors (Lipinski definition) is 0. The molecule has 6 heteroatoms. The first-order valence-electron chi connectivity index (χ1n) is 28.6. The number of ether oxygens (including phenoxy) is 3. The maximum absolute atomic E-state index is 12.9. The molecule has 6 nitrogen and oxygen atoms in total. The van der Waals surface area contributed by atoms with Gasteiger partial charge in [-0.2, -0.15) is 0 Å². The molecule has 68 heavy (non-hydrogen) atoms. The molecule has 0 N–H and O–H groups in total. The van der Waals surface area contributed by atoms with Crippen LogP contribution in [0.25, 0.3) is 0 Å². The molecule has 0 radical (unpaired) electrons. The van der Waals surface area contributed by atoms with E-state index in [1.807, 2.05) is 0 Å². The predicted octanol–water partition coefficient (Wildman–Crippen LogP) is 19.2. The third kappa shape index (κ3) is 53.5. The second-order valence-electron chi connectivity index (χ2n) is 18.8. The Bertz CT molecular complexity index is 1320. The van der Waals surface area contributed by atoms with E-state index in [0.29, 0.717) is 19.3 Å². The minimum Gasteiger partial charge on any atom is -0.462 e. The van der Waals surface area contributed by atoms with Gasteiger partial charge in [-0.15, -0.1) is 0 Å². The lowest BCUT2D eigenvalue weighted by molar-refractivity contribution is -0.167. The summed E-state index contributed by atoms with van der Waals surface area (Å²) < 4.78 is 16.8. The molecule has 0 rings (SSSR count). The second kappa shape index (κ2) is 56.2. The summed E-state index contributed by atoms with van der Waals surface area (Å²) in [5.74, 6) is -0.934. The molecule has 0 aromatic heterocycles. The highest BCUT2D eigenvalue weighted by Crippen LogP contribution is 2.14. The number of rotatable bonds is 51. The summed E-state index contributed by atoms with van der Waals surface area (Å²) in [7, 11) is 0. The Labute approximate surface area is 420 Å². The van der Waals surface area contributed by atoms with Crippen molar-refractivity contribution < 1.29 is 28.6 Å². The number of carbonyl (C=O) groups excluding carboxylic acids is 3. The molecule has 1 unspecified atom stereocenters. The Hall–Kier alpha value is -3.41. The van der Waals surface area contributed by atoms with Gasteiger partial charge in [0.2, 0.25) is 0 Å². The van der Waals surface area contributed by atoms with Gasteiger partial charge in [-0.1, -0.05) is 221 Å². The van der Waals surface area contributed by atoms with Crippen molar-refractivity contribution in [1.29, 1.82) is 0 Å². The number of unbranched alkanes of at least 4 members (excludes halogenated alkanes) is 26. The zero-order chi connectivity index (χ0) is 49.3. The highest BCUT2D eigenvalue weighted by atomic mass is 16.6. The molecule has 0 bridgehead atoms. The monoisotopic (exact) mass is 947 g/mol. The summed E-state index contributed by atoms with van der Waals surface area (Å²) in [6, 6.07) is 0. The van der Waals surface area contributed by atoms with Crippen molar-refractivity contribution in [3.05, 3.63) is 85.1 Å². The predicted molar refractivity (Wildman–Crippen MR) is 293 cm³/mol. The molecular weight excluding hydrogens is 841 g/mol. The zero-order valence-corrected chi connectivity index (χ0v) is 44.6. The summed E-state index contributed by atoms with van der Waals surface area (Å²) in [5, 5.41) is 0. The molecule has 0 aliphatic rings. The van der Waals surface area contributed by atoms with Crippen LogP contribution in [-0.2, 0) is 28.6 Å². The number of carbonyl (C=O) groups is 3. The minimum atomic E-state index is -0.796. The molecule has 0 aromatic rings. The summed E-state index contributed by atoms with van der Waals surface area (Å²) in [4.78, 5) is 38.1. The molecule has 0 aliphatic carbocycles. The quantitative estimate of drug-likeness (QED) is 0.0262. The van der Waals surface area contributed by atoms with E-state index < -0.39 is 6.10 Å². The van der Waals surface area contributed by atoms with Gasteiger partial charge in [0.05, 0.1) is 0 Å². The van der Waals surface area contributed by atoms with Crippen molar-refractivity contribution in [3.63, 3.8) is 0 Å². The SMILES string of the molecule is CC/C=C\C/C=C\C/C=C\C/C=C\C/C=C\CCCCCC(=O)OCC(COC(=O)CCCCCCC/C=C\CCCCCC)OC(=O)CCCCCCCCC/C=C\CCCCCCCCC. The van der Waals surface area contributed by atoms with Gasteiger partial charge >= 0.3 is 17.9 Å². The van der Waals surface area contributed by atoms with Crippen molar-refractivity contribution in [2.75, 3.05) is 13.2 Å². The average molecular weight is 948 g/mol. The highest BCUT2D eigenvalue weighted by Gasteiger charge is 2.19. The Balaban J connectivity index is 4.44. The van der Waals surface area contributed by atoms with E-state index in [-0.39, 0.29) is 31.1 Å². The van der Waals surface area contributed by atoms with Crippen molar-refractivity contribution in [2.24, 2.45) is 0 Å². The third-order valence-electron chi connectivity index (χ3n) is 12.1. The Morgan fingerprint density at radius 2 is 0.574 bits per heavy atom. The summed E-state index contributed by atoms with van der Waals surface area (Å²) >= 11 is 0. The van der Waals surface area contributed by atoms with Gasteiger partial charge in [0.1, 0.15) is 13.2 Å². The fraction of sp³-hybridized carbons (Fsp3) is 0.726. The molecule has 0 saturated carbocycles. The average Bonchev–Trinajstić information content (AvgIpc) is 3.34. The van der Waals surface area contributed by atoms with Gasteiger partial charge in [0, 0.05) is 19.3 Å². The zero-order valence-electron chi connectivity index (χ0n) is 44.6. The first-order valence-corrected chi connectivity index (χ1v) is 28.6. The van der Waals surface area contributed by atoms with Crippen LogP contribution in [0.2, 0.25) is 0 Å². The van der Waals surface area contributed by atoms with Gasteiger partial charge in [-0.05, 0) is 116 Å². The number of allylic oxidation sites excluding steroid dienone is 14. The maximum atomic E-state index is 12.9. The van der Waals surface area contributed by atoms with Gasteiger partial charge in [-0.25, -0.2) is 0 Å². The van der Waals surface area contributed by atoms with E-state index in [2.05, 4.69) is 106 Å². The highest BCUT2D eigenvalue weighted by molar-refractivity contribution is 5.71. The first-order chi connectivity index (χ1) is 33.5. The van der Waals surface area contributed by atoms with E-state index in [1.54, 1.807) is 0 Å². The maximum Gasteiger partial charge on any atom is 0.306 e. The lowest BCUT2D eigenvalue weighted by Crippen LogP contribution is -2.30. The molecule has 0 heterocycles. The van der Waals surface area contributed by atoms with Crippen molar-refractivity contribution >= 4 is 17.9 Å². The van der Waals surface area contributed by atoms with E-state index in [9.17, 15) is 14.4 Å². The lowest BCUT2D eigenvalue weighted by Gasteiger charge is -2.18. The Kier molecular flexibility index (Phi) is 53.4. The van der Waals surface area contributed by atoms with Crippen molar-refractivity contribution in [3.8, 4) is 0 Å². The third-order valence-corrected chi connectivity index (χ3v) is 12.1. The van der Waals surface area contributed by atoms with E-state index in [1.165, 1.54) is 128 Å². The van der Waals surface area contributed by atoms with E-state index >= 15 is 0 Å². The van der Waals surface area contributed by atoms with E-state index in [0.717, 1.165) is 103 Å². The molecule has 0 saturated heterocycles. The minimum absolute atomic E-state index is 0.0931. The molecule has 0 spiro atoms. The van der Waals surface area contributed by atoms with Crippen molar-refractivity contribution in [2.45, 2.75) is 277 Å². The van der Waals surface area contributed by atoms with Crippen LogP contribution in [0.4, 0.5) is 0 Å². The van der Waals surface area contributed by atoms with Gasteiger partial charge < -0.3 is 14.2 Å². The number of esters is 3. The lowest BCUT2D eigenvalue weighted by atomic mass is 10.1. The van der Waals surface area contributed by atoms with Crippen molar-refractivity contribution in [1.82, 2.24) is 0 Å². The van der Waals surface area contributed by atoms with Crippen LogP contribution in [0.1, 0.15) is 271 Å². The van der Waals surface area contributed by atoms with Gasteiger partial charge in [0.15, 0.2) is 6.10 Å². The van der Waals surface area contributed by atoms with Crippen LogP contribution >= 0.6 is 0 Å². The second-order valence-corrected chi connectivity index (χ2v) is 18.8. The molecule has 0 aromatic carbocycles. The molecule has 1 atom stereocenters. The molecule has 390 valence electrons. The normalized spacial score (nSPS) is 12.7. The summed E-state index contributed by atoms with van der Waals surface area (Å²) in [6.07, 6.45) is 72.8. The molecular formula is C62H106O6. The van der Waals surface area contributed by atoms with Crippen LogP contribution < -0.4 is 0 Å².